The van der Waals surface area contributed by atoms with Crippen LogP contribution >= 0.6 is 11.6 Å². The molecule has 3 rings (SSSR count). The summed E-state index contributed by atoms with van der Waals surface area (Å²) in [5, 5.41) is 14.0. The first-order valence-corrected chi connectivity index (χ1v) is 7.07. The van der Waals surface area contributed by atoms with Gasteiger partial charge in [0.1, 0.15) is 0 Å². The van der Waals surface area contributed by atoms with Gasteiger partial charge in [0.25, 0.3) is 0 Å². The Hall–Kier alpha value is -1.43. The number of hydrogen-bond donors (Lipinski definition) is 1. The van der Waals surface area contributed by atoms with Crippen molar-refractivity contribution in [1.29, 1.82) is 0 Å². The molecule has 6 heteroatoms. The van der Waals surface area contributed by atoms with Gasteiger partial charge in [0, 0.05) is 16.6 Å². The highest BCUT2D eigenvalue weighted by molar-refractivity contribution is 6.30. The lowest BCUT2D eigenvalue weighted by Gasteiger charge is -2.20. The van der Waals surface area contributed by atoms with E-state index >= 15 is 0 Å². The first kappa shape index (κ1) is 13.5. The van der Waals surface area contributed by atoms with E-state index in [1.54, 1.807) is 12.1 Å². The zero-order valence-corrected chi connectivity index (χ0v) is 11.8. The second-order valence-electron chi connectivity index (χ2n) is 4.97. The normalized spacial score (nSPS) is 19.6. The standard InChI is InChI=1S/C14H16ClN3O2/c15-11-5-3-10(4-6-11)14-16-13(20-17-14)8-18-7-1-2-12(18)9-19/h3-6,12,19H,1-2,7-9H2/t12-/m1/s1. The van der Waals surface area contributed by atoms with Crippen molar-refractivity contribution in [3.05, 3.63) is 35.2 Å². The summed E-state index contributed by atoms with van der Waals surface area (Å²) in [6.07, 6.45) is 2.12. The molecule has 0 aliphatic carbocycles. The highest BCUT2D eigenvalue weighted by Gasteiger charge is 2.25. The van der Waals surface area contributed by atoms with E-state index in [2.05, 4.69) is 15.0 Å². The van der Waals surface area contributed by atoms with E-state index in [9.17, 15) is 5.11 Å². The van der Waals surface area contributed by atoms with Gasteiger partial charge in [0.05, 0.1) is 13.2 Å². The third kappa shape index (κ3) is 2.85. The Morgan fingerprint density at radius 3 is 2.90 bits per heavy atom. The number of nitrogens with zero attached hydrogens (tertiary/aromatic N) is 3. The summed E-state index contributed by atoms with van der Waals surface area (Å²) in [4.78, 5) is 6.58. The Bertz CT molecular complexity index is 570. The van der Waals surface area contributed by atoms with Crippen molar-refractivity contribution < 1.29 is 9.63 Å². The van der Waals surface area contributed by atoms with E-state index < -0.39 is 0 Å². The highest BCUT2D eigenvalue weighted by atomic mass is 35.5. The fourth-order valence-electron chi connectivity index (χ4n) is 2.52. The highest BCUT2D eigenvalue weighted by Crippen LogP contribution is 2.22. The molecule has 1 aliphatic heterocycles. The van der Waals surface area contributed by atoms with Crippen molar-refractivity contribution in [2.24, 2.45) is 0 Å². The van der Waals surface area contributed by atoms with Crippen LogP contribution in [0.15, 0.2) is 28.8 Å². The number of rotatable bonds is 4. The second-order valence-corrected chi connectivity index (χ2v) is 5.40. The molecule has 106 valence electrons. The molecule has 2 aromatic rings. The fourth-order valence-corrected chi connectivity index (χ4v) is 2.65. The molecule has 0 spiro atoms. The minimum atomic E-state index is 0.179. The number of aliphatic hydroxyl groups is 1. The number of aromatic nitrogens is 2. The van der Waals surface area contributed by atoms with Crippen LogP contribution in [0.25, 0.3) is 11.4 Å². The van der Waals surface area contributed by atoms with Gasteiger partial charge in [-0.2, -0.15) is 4.98 Å². The molecule has 1 fully saturated rings. The predicted molar refractivity (Wildman–Crippen MR) is 75.3 cm³/mol. The van der Waals surface area contributed by atoms with Gasteiger partial charge < -0.3 is 9.63 Å². The van der Waals surface area contributed by atoms with Gasteiger partial charge in [-0.15, -0.1) is 0 Å². The topological polar surface area (TPSA) is 62.4 Å². The molecule has 1 aliphatic rings. The molecule has 0 amide bonds. The van der Waals surface area contributed by atoms with Crippen molar-refractivity contribution >= 4 is 11.6 Å². The second kappa shape index (κ2) is 5.91. The third-order valence-corrected chi connectivity index (χ3v) is 3.87. The number of halogens is 1. The lowest BCUT2D eigenvalue weighted by atomic mass is 10.2. The molecule has 0 radical (unpaired) electrons. The van der Waals surface area contributed by atoms with Crippen molar-refractivity contribution in [2.75, 3.05) is 13.2 Å². The summed E-state index contributed by atoms with van der Waals surface area (Å²) in [6.45, 7) is 1.73. The van der Waals surface area contributed by atoms with Gasteiger partial charge >= 0.3 is 0 Å². The summed E-state index contributed by atoms with van der Waals surface area (Å²) in [5.74, 6) is 1.15. The van der Waals surface area contributed by atoms with Crippen molar-refractivity contribution in [1.82, 2.24) is 15.0 Å². The molecule has 5 nitrogen and oxygen atoms in total. The van der Waals surface area contributed by atoms with E-state index in [1.165, 1.54) is 0 Å². The smallest absolute Gasteiger partial charge is 0.241 e. The van der Waals surface area contributed by atoms with Crippen LogP contribution in [0.1, 0.15) is 18.7 Å². The average Bonchev–Trinajstić information content (AvgIpc) is 3.09. The molecular formula is C14H16ClN3O2. The largest absolute Gasteiger partial charge is 0.395 e. The minimum absolute atomic E-state index is 0.179. The Labute approximate surface area is 122 Å². The number of benzene rings is 1. The van der Waals surface area contributed by atoms with Crippen LogP contribution in [-0.4, -0.2) is 39.3 Å². The van der Waals surface area contributed by atoms with Crippen molar-refractivity contribution in [2.45, 2.75) is 25.4 Å². The Kier molecular flexibility index (Phi) is 4.00. The maximum atomic E-state index is 9.30. The summed E-state index contributed by atoms with van der Waals surface area (Å²) < 4.78 is 5.29. The molecule has 0 saturated carbocycles. The van der Waals surface area contributed by atoms with Crippen LogP contribution in [0, 0.1) is 0 Å². The monoisotopic (exact) mass is 293 g/mol. The summed E-state index contributed by atoms with van der Waals surface area (Å²) in [7, 11) is 0. The summed E-state index contributed by atoms with van der Waals surface area (Å²) in [5.41, 5.74) is 0.879. The first-order chi connectivity index (χ1) is 9.76. The molecule has 1 aromatic carbocycles. The van der Waals surface area contributed by atoms with Gasteiger partial charge in [-0.25, -0.2) is 0 Å². The number of likely N-dealkylation sites (tertiary alicyclic amines) is 1. The zero-order valence-electron chi connectivity index (χ0n) is 11.0. The van der Waals surface area contributed by atoms with E-state index in [4.69, 9.17) is 16.1 Å². The van der Waals surface area contributed by atoms with Crippen molar-refractivity contribution in [3.8, 4) is 11.4 Å². The Balaban J connectivity index is 1.72. The van der Waals surface area contributed by atoms with Gasteiger partial charge in [0.2, 0.25) is 11.7 Å². The van der Waals surface area contributed by atoms with Crippen LogP contribution < -0.4 is 0 Å². The molecule has 1 N–H and O–H groups in total. The van der Waals surface area contributed by atoms with Gasteiger partial charge in [-0.1, -0.05) is 16.8 Å². The molecule has 0 unspecified atom stereocenters. The van der Waals surface area contributed by atoms with E-state index in [0.717, 1.165) is 24.9 Å². The lowest BCUT2D eigenvalue weighted by Crippen LogP contribution is -2.31. The van der Waals surface area contributed by atoms with Crippen LogP contribution in [0.4, 0.5) is 0 Å². The molecule has 20 heavy (non-hydrogen) atoms. The molecular weight excluding hydrogens is 278 g/mol. The average molecular weight is 294 g/mol. The van der Waals surface area contributed by atoms with Crippen LogP contribution in [-0.2, 0) is 6.54 Å². The molecule has 1 saturated heterocycles. The lowest BCUT2D eigenvalue weighted by molar-refractivity contribution is 0.141. The summed E-state index contributed by atoms with van der Waals surface area (Å²) >= 11 is 5.86. The SMILES string of the molecule is OC[C@H]1CCCN1Cc1nc(-c2ccc(Cl)cc2)no1. The first-order valence-electron chi connectivity index (χ1n) is 6.69. The van der Waals surface area contributed by atoms with Gasteiger partial charge in [0.15, 0.2) is 0 Å². The quantitative estimate of drug-likeness (QED) is 0.937. The molecule has 1 atom stereocenters. The minimum Gasteiger partial charge on any atom is -0.395 e. The van der Waals surface area contributed by atoms with E-state index in [0.29, 0.717) is 23.3 Å². The maximum Gasteiger partial charge on any atom is 0.241 e. The predicted octanol–water partition coefficient (Wildman–Crippen LogP) is 2.35. The molecule has 2 heterocycles. The third-order valence-electron chi connectivity index (χ3n) is 3.62. The van der Waals surface area contributed by atoms with Crippen molar-refractivity contribution in [3.63, 3.8) is 0 Å². The fraction of sp³-hybridized carbons (Fsp3) is 0.429. The van der Waals surface area contributed by atoms with Crippen LogP contribution in [0.2, 0.25) is 5.02 Å². The molecule has 1 aromatic heterocycles. The Morgan fingerprint density at radius 2 is 2.15 bits per heavy atom. The van der Waals surface area contributed by atoms with Gasteiger partial charge in [-0.05, 0) is 43.7 Å². The zero-order chi connectivity index (χ0) is 13.9. The number of hydrogen-bond acceptors (Lipinski definition) is 5. The van der Waals surface area contributed by atoms with E-state index in [1.807, 2.05) is 12.1 Å². The van der Waals surface area contributed by atoms with Crippen LogP contribution in [0.3, 0.4) is 0 Å². The van der Waals surface area contributed by atoms with E-state index in [-0.39, 0.29) is 12.6 Å². The summed E-state index contributed by atoms with van der Waals surface area (Å²) in [6, 6.07) is 7.54. The Morgan fingerprint density at radius 1 is 1.35 bits per heavy atom. The molecule has 0 bridgehead atoms. The maximum absolute atomic E-state index is 9.30. The van der Waals surface area contributed by atoms with Crippen LogP contribution in [0.5, 0.6) is 0 Å². The van der Waals surface area contributed by atoms with Gasteiger partial charge in [-0.3, -0.25) is 4.90 Å². The number of aliphatic hydroxyl groups excluding tert-OH is 1.